The summed E-state index contributed by atoms with van der Waals surface area (Å²) >= 11 is 0. The molecule has 12 heavy (non-hydrogen) atoms. The van der Waals surface area contributed by atoms with E-state index < -0.39 is 12.1 Å². The predicted octanol–water partition coefficient (Wildman–Crippen LogP) is -0.157. The number of rotatable bonds is 1. The van der Waals surface area contributed by atoms with E-state index in [0.717, 1.165) is 6.21 Å². The number of carbonyl (C=O) groups excluding carboxylic acids is 2. The molecule has 1 amide bonds. The van der Waals surface area contributed by atoms with Crippen LogP contribution in [0.4, 0.5) is 4.79 Å². The van der Waals surface area contributed by atoms with E-state index in [0.29, 0.717) is 5.06 Å². The fourth-order valence-corrected chi connectivity index (χ4v) is 0.430. The second-order valence-electron chi connectivity index (χ2n) is 1.77. The maximum absolute atomic E-state index is 10.7. The van der Waals surface area contributed by atoms with E-state index in [2.05, 4.69) is 14.6 Å². The molecular weight excluding hydrogens is 164 g/mol. The highest BCUT2D eigenvalue weighted by molar-refractivity contribution is 6.23. The van der Waals surface area contributed by atoms with Crippen LogP contribution in [0.15, 0.2) is 4.99 Å². The van der Waals surface area contributed by atoms with E-state index in [1.807, 2.05) is 0 Å². The van der Waals surface area contributed by atoms with Crippen LogP contribution in [0.5, 0.6) is 0 Å². The molecule has 0 rings (SSSR count). The molecule has 0 spiro atoms. The zero-order valence-electron chi connectivity index (χ0n) is 7.10. The van der Waals surface area contributed by atoms with Crippen LogP contribution in [0, 0.1) is 0 Å². The Morgan fingerprint density at radius 2 is 2.08 bits per heavy atom. The minimum absolute atomic E-state index is 0.671. The van der Waals surface area contributed by atoms with E-state index in [-0.39, 0.29) is 0 Å². The minimum atomic E-state index is -0.757. The third kappa shape index (κ3) is 3.55. The lowest BCUT2D eigenvalue weighted by molar-refractivity contribution is -0.166. The third-order valence-electron chi connectivity index (χ3n) is 0.893. The van der Waals surface area contributed by atoms with E-state index >= 15 is 0 Å². The Labute approximate surface area is 69.7 Å². The Morgan fingerprint density at radius 1 is 1.50 bits per heavy atom. The highest BCUT2D eigenvalue weighted by Gasteiger charge is 2.11. The monoisotopic (exact) mass is 174 g/mol. The Bertz CT molecular complexity index is 202. The fourth-order valence-electron chi connectivity index (χ4n) is 0.430. The smallest absolute Gasteiger partial charge is 0.442 e. The molecule has 68 valence electrons. The molecule has 0 unspecified atom stereocenters. The number of aliphatic imine (C=N–C) groups is 1. The van der Waals surface area contributed by atoms with Gasteiger partial charge < -0.3 is 9.57 Å². The lowest BCUT2D eigenvalue weighted by atomic mass is 10.8. The molecule has 0 radical (unpaired) electrons. The van der Waals surface area contributed by atoms with Gasteiger partial charge in [0.05, 0.1) is 14.2 Å². The van der Waals surface area contributed by atoms with Crippen LogP contribution in [0.3, 0.4) is 0 Å². The first-order chi connectivity index (χ1) is 5.61. The number of carbonyl (C=O) groups is 2. The Morgan fingerprint density at radius 3 is 2.50 bits per heavy atom. The van der Waals surface area contributed by atoms with E-state index in [1.165, 1.54) is 21.2 Å². The van der Waals surface area contributed by atoms with Gasteiger partial charge in [-0.2, -0.15) is 0 Å². The lowest BCUT2D eigenvalue weighted by Crippen LogP contribution is -2.30. The van der Waals surface area contributed by atoms with Crippen LogP contribution in [0.25, 0.3) is 0 Å². The van der Waals surface area contributed by atoms with E-state index in [9.17, 15) is 9.59 Å². The van der Waals surface area contributed by atoms with Crippen LogP contribution >= 0.6 is 0 Å². The molecule has 0 saturated heterocycles. The Kier molecular flexibility index (Phi) is 4.43. The first kappa shape index (κ1) is 10.4. The van der Waals surface area contributed by atoms with Crippen molar-refractivity contribution in [2.24, 2.45) is 4.99 Å². The second-order valence-corrected chi connectivity index (χ2v) is 1.77. The molecule has 6 heteroatoms. The van der Waals surface area contributed by atoms with E-state index in [4.69, 9.17) is 0 Å². The number of nitrogens with zero attached hydrogens (tertiary/aromatic N) is 2. The molecule has 0 saturated carbocycles. The largest absolute Gasteiger partial charge is 0.451 e. The predicted molar refractivity (Wildman–Crippen MR) is 40.7 cm³/mol. The van der Waals surface area contributed by atoms with Gasteiger partial charge in [0.25, 0.3) is 0 Å². The normalized spacial score (nSPS) is 9.58. The summed E-state index contributed by atoms with van der Waals surface area (Å²) in [6, 6.07) is 0. The molecular formula is C6H10N2O4. The highest BCUT2D eigenvalue weighted by Crippen LogP contribution is 1.89. The Balaban J connectivity index is 3.92. The number of hydrogen-bond acceptors (Lipinski definition) is 5. The average molecular weight is 174 g/mol. The van der Waals surface area contributed by atoms with Gasteiger partial charge in [0.1, 0.15) is 6.21 Å². The van der Waals surface area contributed by atoms with Crippen LogP contribution in [0.2, 0.25) is 0 Å². The summed E-state index contributed by atoms with van der Waals surface area (Å²) in [5.74, 6) is -0.731. The van der Waals surface area contributed by atoms with E-state index in [1.54, 1.807) is 0 Å². The van der Waals surface area contributed by atoms with Crippen LogP contribution in [-0.4, -0.2) is 44.5 Å². The van der Waals surface area contributed by atoms with Crippen molar-refractivity contribution in [2.75, 3.05) is 21.2 Å². The van der Waals surface area contributed by atoms with Gasteiger partial charge >= 0.3 is 12.1 Å². The van der Waals surface area contributed by atoms with Crippen molar-refractivity contribution in [3.8, 4) is 0 Å². The third-order valence-corrected chi connectivity index (χ3v) is 0.893. The number of hydrogen-bond donors (Lipinski definition) is 0. The highest BCUT2D eigenvalue weighted by atomic mass is 16.7. The molecule has 6 nitrogen and oxygen atoms in total. The topological polar surface area (TPSA) is 68.2 Å². The summed E-state index contributed by atoms with van der Waals surface area (Å²) in [6.07, 6.45) is 0.187. The van der Waals surface area contributed by atoms with Gasteiger partial charge in [-0.1, -0.05) is 0 Å². The zero-order valence-corrected chi connectivity index (χ0v) is 7.10. The maximum Gasteiger partial charge on any atom is 0.442 e. The standard InChI is InChI=1S/C6H10N2O4/c1-7-4-5(9)12-8(2)6(10)11-3/h4H,1-3H3. The van der Waals surface area contributed by atoms with Gasteiger partial charge in [0, 0.05) is 7.05 Å². The number of methoxy groups -OCH3 is 1. The van der Waals surface area contributed by atoms with Crippen molar-refractivity contribution in [1.29, 1.82) is 0 Å². The molecule has 0 heterocycles. The van der Waals surface area contributed by atoms with Gasteiger partial charge in [-0.25, -0.2) is 9.59 Å². The van der Waals surface area contributed by atoms with Crippen molar-refractivity contribution in [2.45, 2.75) is 0 Å². The quantitative estimate of drug-likeness (QED) is 0.409. The van der Waals surface area contributed by atoms with Crippen molar-refractivity contribution < 1.29 is 19.2 Å². The van der Waals surface area contributed by atoms with Gasteiger partial charge in [-0.05, 0) is 0 Å². The first-order valence-corrected chi connectivity index (χ1v) is 3.07. The maximum atomic E-state index is 10.7. The summed E-state index contributed by atoms with van der Waals surface area (Å²) < 4.78 is 4.26. The molecule has 0 aliphatic heterocycles. The average Bonchev–Trinajstić information content (AvgIpc) is 2.03. The summed E-state index contributed by atoms with van der Waals surface area (Å²) in [5.41, 5.74) is 0. The van der Waals surface area contributed by atoms with Gasteiger partial charge in [-0.3, -0.25) is 4.99 Å². The summed E-state index contributed by atoms with van der Waals surface area (Å²) in [7, 11) is 3.85. The second kappa shape index (κ2) is 5.11. The molecule has 0 aromatic heterocycles. The van der Waals surface area contributed by atoms with Crippen LogP contribution in [0.1, 0.15) is 0 Å². The molecule has 0 aromatic carbocycles. The fraction of sp³-hybridized carbons (Fsp3) is 0.500. The zero-order chi connectivity index (χ0) is 9.56. The van der Waals surface area contributed by atoms with Crippen molar-refractivity contribution in [3.05, 3.63) is 0 Å². The van der Waals surface area contributed by atoms with Crippen molar-refractivity contribution in [1.82, 2.24) is 5.06 Å². The minimum Gasteiger partial charge on any atom is -0.451 e. The molecule has 0 aliphatic rings. The number of hydroxylamine groups is 2. The van der Waals surface area contributed by atoms with Gasteiger partial charge in [0.15, 0.2) is 0 Å². The molecule has 0 aromatic rings. The SMILES string of the molecule is CN=CC(=O)ON(C)C(=O)OC. The Hall–Kier alpha value is -1.59. The molecule has 0 atom stereocenters. The van der Waals surface area contributed by atoms with Crippen LogP contribution in [-0.2, 0) is 14.4 Å². The van der Waals surface area contributed by atoms with Gasteiger partial charge in [-0.15, -0.1) is 5.06 Å². The van der Waals surface area contributed by atoms with Crippen LogP contribution < -0.4 is 0 Å². The summed E-state index contributed by atoms with van der Waals surface area (Å²) in [6.45, 7) is 0. The van der Waals surface area contributed by atoms with Gasteiger partial charge in [0.2, 0.25) is 0 Å². The molecule has 0 aliphatic carbocycles. The van der Waals surface area contributed by atoms with Crippen molar-refractivity contribution in [3.63, 3.8) is 0 Å². The molecule has 0 fully saturated rings. The first-order valence-electron chi connectivity index (χ1n) is 3.07. The summed E-state index contributed by atoms with van der Waals surface area (Å²) in [4.78, 5) is 29.1. The number of amides is 1. The van der Waals surface area contributed by atoms with Crippen molar-refractivity contribution >= 4 is 18.3 Å². The summed E-state index contributed by atoms with van der Waals surface area (Å²) in [5, 5.41) is 0.671. The molecule has 0 N–H and O–H groups in total. The number of ether oxygens (including phenoxy) is 1. The molecule has 0 bridgehead atoms. The lowest BCUT2D eigenvalue weighted by Gasteiger charge is -2.12.